The quantitative estimate of drug-likeness (QED) is 0.664. The Morgan fingerprint density at radius 1 is 1.17 bits per heavy atom. The fourth-order valence-corrected chi connectivity index (χ4v) is 4.51. The third kappa shape index (κ3) is 3.12. The molecule has 0 bridgehead atoms. The molecule has 3 aromatic rings. The molecule has 2 aliphatic rings. The van der Waals surface area contributed by atoms with Crippen LogP contribution in [0.1, 0.15) is 28.2 Å². The first-order valence-corrected chi connectivity index (χ1v) is 10.1. The lowest BCUT2D eigenvalue weighted by Gasteiger charge is -2.53. The highest BCUT2D eigenvalue weighted by atomic mass is 19.1. The van der Waals surface area contributed by atoms with Crippen LogP contribution >= 0.6 is 0 Å². The molecule has 8 heteroatoms. The van der Waals surface area contributed by atoms with Crippen molar-refractivity contribution in [1.29, 1.82) is 0 Å². The molecule has 30 heavy (non-hydrogen) atoms. The van der Waals surface area contributed by atoms with Crippen LogP contribution in [-0.4, -0.2) is 51.6 Å². The van der Waals surface area contributed by atoms with Crippen molar-refractivity contribution in [2.75, 3.05) is 24.5 Å². The Balaban J connectivity index is 1.41. The van der Waals surface area contributed by atoms with Crippen molar-refractivity contribution in [2.24, 2.45) is 5.92 Å². The average Bonchev–Trinajstić information content (AvgIpc) is 3.22. The third-order valence-corrected chi connectivity index (χ3v) is 6.00. The van der Waals surface area contributed by atoms with E-state index >= 15 is 0 Å². The lowest BCUT2D eigenvalue weighted by molar-refractivity contribution is 0.00769. The van der Waals surface area contributed by atoms with E-state index in [2.05, 4.69) is 20.0 Å². The monoisotopic (exact) mass is 407 g/mol. The molecule has 1 aromatic carbocycles. The molecule has 0 spiro atoms. The predicted molar refractivity (Wildman–Crippen MR) is 109 cm³/mol. The maximum Gasteiger partial charge on any atom is 0.255 e. The number of likely N-dealkylation sites (tertiary alicyclic amines) is 1. The minimum atomic E-state index is -0.497. The van der Waals surface area contributed by atoms with Gasteiger partial charge in [-0.2, -0.15) is 0 Å². The topological polar surface area (TPSA) is 75.4 Å². The number of rotatable bonds is 3. The van der Waals surface area contributed by atoms with Crippen molar-refractivity contribution in [1.82, 2.24) is 20.0 Å². The Hall–Kier alpha value is -3.29. The molecular formula is C22H22FN5O2. The van der Waals surface area contributed by atoms with Crippen molar-refractivity contribution >= 4 is 11.9 Å². The fourth-order valence-electron chi connectivity index (χ4n) is 4.51. The zero-order valence-electron chi connectivity index (χ0n) is 16.9. The van der Waals surface area contributed by atoms with E-state index in [0.29, 0.717) is 30.5 Å². The number of aromatic nitrogens is 3. The van der Waals surface area contributed by atoms with E-state index in [1.807, 2.05) is 24.8 Å². The minimum absolute atomic E-state index is 0.0570. The second-order valence-corrected chi connectivity index (χ2v) is 8.01. The van der Waals surface area contributed by atoms with Gasteiger partial charge in [0.1, 0.15) is 5.82 Å². The van der Waals surface area contributed by atoms with E-state index in [-0.39, 0.29) is 23.3 Å². The number of fused-ring (bicyclic) bond motifs is 1. The lowest BCUT2D eigenvalue weighted by atomic mass is 9.81. The van der Waals surface area contributed by atoms with E-state index in [9.17, 15) is 9.18 Å². The number of carbonyl (C=O) groups excluding carboxylic acids is 1. The number of hydrogen-bond acceptors (Lipinski definition) is 6. The van der Waals surface area contributed by atoms with Gasteiger partial charge in [-0.15, -0.1) is 0 Å². The molecule has 0 saturated carbocycles. The zero-order valence-corrected chi connectivity index (χ0v) is 16.9. The first-order chi connectivity index (χ1) is 14.5. The highest BCUT2D eigenvalue weighted by Gasteiger charge is 2.46. The van der Waals surface area contributed by atoms with Crippen LogP contribution in [0.25, 0.3) is 11.3 Å². The standard InChI is InChI=1S/C22H22FN5O2/c1-13-10-14(2)26-22(25-13)27-9-7-15-11-28(18(15)12-27)21(29)16-4-3-5-17(23)20(16)19-6-8-24-30-19/h3-6,8,10,15,18H,7,9,11-12H2,1-2H3/t15-,18-/m1/s1. The molecule has 0 N–H and O–H groups in total. The zero-order chi connectivity index (χ0) is 20.8. The summed E-state index contributed by atoms with van der Waals surface area (Å²) in [6.07, 6.45) is 2.42. The number of hydrogen-bond donors (Lipinski definition) is 0. The predicted octanol–water partition coefficient (Wildman–Crippen LogP) is 3.24. The van der Waals surface area contributed by atoms with Crippen molar-refractivity contribution < 1.29 is 13.7 Å². The molecule has 2 saturated heterocycles. The molecule has 7 nitrogen and oxygen atoms in total. The first-order valence-electron chi connectivity index (χ1n) is 10.1. The molecule has 2 fully saturated rings. The largest absolute Gasteiger partial charge is 0.356 e. The molecule has 154 valence electrons. The van der Waals surface area contributed by atoms with Crippen molar-refractivity contribution in [2.45, 2.75) is 26.3 Å². The van der Waals surface area contributed by atoms with E-state index in [1.54, 1.807) is 18.2 Å². The molecule has 1 amide bonds. The van der Waals surface area contributed by atoms with Gasteiger partial charge in [-0.1, -0.05) is 11.2 Å². The molecule has 0 radical (unpaired) electrons. The Morgan fingerprint density at radius 3 is 2.70 bits per heavy atom. The number of carbonyl (C=O) groups is 1. The van der Waals surface area contributed by atoms with Gasteiger partial charge in [0.05, 0.1) is 23.4 Å². The van der Waals surface area contributed by atoms with Crippen LogP contribution in [0, 0.1) is 25.6 Å². The number of aryl methyl sites for hydroxylation is 2. The molecule has 4 heterocycles. The van der Waals surface area contributed by atoms with Gasteiger partial charge in [-0.3, -0.25) is 4.79 Å². The summed E-state index contributed by atoms with van der Waals surface area (Å²) in [5.41, 5.74) is 2.31. The number of nitrogens with zero attached hydrogens (tertiary/aromatic N) is 5. The Kier molecular flexibility index (Phi) is 4.49. The van der Waals surface area contributed by atoms with Crippen LogP contribution in [0.3, 0.4) is 0 Å². The molecule has 2 aliphatic heterocycles. The fraction of sp³-hybridized carbons (Fsp3) is 0.364. The second-order valence-electron chi connectivity index (χ2n) is 8.01. The van der Waals surface area contributed by atoms with Crippen molar-refractivity contribution in [3.8, 4) is 11.3 Å². The summed E-state index contributed by atoms with van der Waals surface area (Å²) < 4.78 is 19.7. The van der Waals surface area contributed by atoms with Gasteiger partial charge in [0.2, 0.25) is 5.95 Å². The summed E-state index contributed by atoms with van der Waals surface area (Å²) >= 11 is 0. The smallest absolute Gasteiger partial charge is 0.255 e. The first kappa shape index (κ1) is 18.7. The Bertz CT molecular complexity index is 1080. The summed E-state index contributed by atoms with van der Waals surface area (Å²) in [5.74, 6) is 0.716. The van der Waals surface area contributed by atoms with Crippen LogP contribution in [0.15, 0.2) is 41.1 Å². The second kappa shape index (κ2) is 7.19. The third-order valence-electron chi connectivity index (χ3n) is 6.00. The van der Waals surface area contributed by atoms with E-state index < -0.39 is 5.82 Å². The average molecular weight is 407 g/mol. The van der Waals surface area contributed by atoms with Crippen molar-refractivity contribution in [3.05, 3.63) is 59.3 Å². The van der Waals surface area contributed by atoms with Crippen LogP contribution in [0.4, 0.5) is 10.3 Å². The highest BCUT2D eigenvalue weighted by molar-refractivity contribution is 6.01. The minimum Gasteiger partial charge on any atom is -0.356 e. The van der Waals surface area contributed by atoms with Gasteiger partial charge in [-0.25, -0.2) is 14.4 Å². The summed E-state index contributed by atoms with van der Waals surface area (Å²) in [5, 5.41) is 3.66. The van der Waals surface area contributed by atoms with Gasteiger partial charge < -0.3 is 14.3 Å². The summed E-state index contributed by atoms with van der Waals surface area (Å²) in [7, 11) is 0. The number of anilines is 1. The summed E-state index contributed by atoms with van der Waals surface area (Å²) in [6, 6.07) is 8.09. The van der Waals surface area contributed by atoms with Crippen LogP contribution in [0.2, 0.25) is 0 Å². The van der Waals surface area contributed by atoms with E-state index in [0.717, 1.165) is 24.4 Å². The summed E-state index contributed by atoms with van der Waals surface area (Å²) in [4.78, 5) is 26.5. The normalized spacial score (nSPS) is 20.6. The van der Waals surface area contributed by atoms with Crippen LogP contribution in [-0.2, 0) is 0 Å². The van der Waals surface area contributed by atoms with Crippen LogP contribution in [0.5, 0.6) is 0 Å². The van der Waals surface area contributed by atoms with Crippen molar-refractivity contribution in [3.63, 3.8) is 0 Å². The van der Waals surface area contributed by atoms with Gasteiger partial charge >= 0.3 is 0 Å². The molecule has 0 aliphatic carbocycles. The Morgan fingerprint density at radius 2 is 1.97 bits per heavy atom. The number of halogens is 1. The highest BCUT2D eigenvalue weighted by Crippen LogP contribution is 2.36. The number of piperidine rings is 1. The number of amides is 1. The number of benzene rings is 1. The van der Waals surface area contributed by atoms with Gasteiger partial charge in [-0.05, 0) is 38.5 Å². The van der Waals surface area contributed by atoms with Gasteiger partial charge in [0.25, 0.3) is 5.91 Å². The summed E-state index contributed by atoms with van der Waals surface area (Å²) in [6.45, 7) is 6.14. The van der Waals surface area contributed by atoms with Gasteiger partial charge in [0.15, 0.2) is 5.76 Å². The lowest BCUT2D eigenvalue weighted by Crippen LogP contribution is -2.66. The molecule has 2 atom stereocenters. The molecular weight excluding hydrogens is 385 g/mol. The van der Waals surface area contributed by atoms with E-state index in [1.165, 1.54) is 12.3 Å². The van der Waals surface area contributed by atoms with Gasteiger partial charge in [0, 0.05) is 43.0 Å². The molecule has 5 rings (SSSR count). The molecule has 0 unspecified atom stereocenters. The Labute approximate surface area is 173 Å². The molecule has 2 aromatic heterocycles. The maximum absolute atomic E-state index is 14.6. The van der Waals surface area contributed by atoms with Crippen LogP contribution < -0.4 is 4.90 Å². The van der Waals surface area contributed by atoms with E-state index in [4.69, 9.17) is 4.52 Å². The SMILES string of the molecule is Cc1cc(C)nc(N2CC[C@@H]3CN(C(=O)c4cccc(F)c4-c4ccno4)[C@@H]3C2)n1. The maximum atomic E-state index is 14.6.